The Morgan fingerprint density at radius 2 is 1.86 bits per heavy atom. The van der Waals surface area contributed by atoms with Gasteiger partial charge in [0, 0.05) is 30.6 Å². The molecule has 1 heterocycles. The zero-order chi connectivity index (χ0) is 16.4. The maximum atomic E-state index is 12.7. The number of halogens is 1. The quantitative estimate of drug-likeness (QED) is 0.764. The van der Waals surface area contributed by atoms with Gasteiger partial charge >= 0.3 is 0 Å². The van der Waals surface area contributed by atoms with Crippen LogP contribution in [0.4, 0.5) is 0 Å². The Morgan fingerprint density at radius 3 is 2.33 bits per heavy atom. The van der Waals surface area contributed by atoms with Gasteiger partial charge in [0.15, 0.2) is 0 Å². The van der Waals surface area contributed by atoms with Crippen molar-refractivity contribution in [1.82, 2.24) is 9.62 Å². The zero-order valence-electron chi connectivity index (χ0n) is 13.5. The van der Waals surface area contributed by atoms with Crippen molar-refractivity contribution in [3.8, 4) is 0 Å². The summed E-state index contributed by atoms with van der Waals surface area (Å²) in [6, 6.07) is 2.09. The number of nitrogens with one attached hydrogen (secondary N) is 1. The van der Waals surface area contributed by atoms with Crippen LogP contribution in [0.5, 0.6) is 0 Å². The van der Waals surface area contributed by atoms with E-state index < -0.39 is 10.0 Å². The Balaban J connectivity index is 3.03. The summed E-state index contributed by atoms with van der Waals surface area (Å²) in [6.07, 6.45) is 0. The number of hydrogen-bond acceptors (Lipinski definition) is 4. The summed E-state index contributed by atoms with van der Waals surface area (Å²) in [5, 5.41) is 3.31. The Kier molecular flexibility index (Phi) is 6.86. The van der Waals surface area contributed by atoms with Crippen LogP contribution in [0.15, 0.2) is 14.7 Å². The second-order valence-corrected chi connectivity index (χ2v) is 10.3. The zero-order valence-corrected chi connectivity index (χ0v) is 16.7. The van der Waals surface area contributed by atoms with Crippen molar-refractivity contribution in [1.29, 1.82) is 0 Å². The van der Waals surface area contributed by atoms with Gasteiger partial charge in [0.25, 0.3) is 0 Å². The largest absolute Gasteiger partial charge is 0.310 e. The van der Waals surface area contributed by atoms with Gasteiger partial charge in [0.2, 0.25) is 10.0 Å². The number of thiophene rings is 1. The lowest BCUT2D eigenvalue weighted by molar-refractivity contribution is 0.315. The Hall–Kier alpha value is 0.0500. The van der Waals surface area contributed by atoms with Gasteiger partial charge in [-0.1, -0.05) is 27.7 Å². The number of hydrogen-bond donors (Lipinski definition) is 1. The fourth-order valence-electron chi connectivity index (χ4n) is 1.76. The van der Waals surface area contributed by atoms with Crippen LogP contribution in [0.2, 0.25) is 0 Å². The van der Waals surface area contributed by atoms with E-state index >= 15 is 0 Å². The molecule has 1 unspecified atom stereocenters. The Morgan fingerprint density at radius 1 is 1.29 bits per heavy atom. The highest BCUT2D eigenvalue weighted by Crippen LogP contribution is 2.34. The second-order valence-electron chi connectivity index (χ2n) is 5.89. The van der Waals surface area contributed by atoms with Crippen LogP contribution in [-0.2, 0) is 16.6 Å². The molecule has 0 amide bonds. The van der Waals surface area contributed by atoms with Crippen LogP contribution in [-0.4, -0.2) is 31.9 Å². The van der Waals surface area contributed by atoms with Crippen molar-refractivity contribution in [2.24, 2.45) is 5.92 Å². The lowest BCUT2D eigenvalue weighted by Crippen LogP contribution is -2.38. The summed E-state index contributed by atoms with van der Waals surface area (Å²) >= 11 is 4.87. The smallest absolute Gasteiger partial charge is 0.245 e. The molecule has 0 aliphatic rings. The summed E-state index contributed by atoms with van der Waals surface area (Å²) in [5.74, 6) is 0.268. The van der Waals surface area contributed by atoms with Gasteiger partial charge in [-0.3, -0.25) is 0 Å². The molecule has 0 fully saturated rings. The van der Waals surface area contributed by atoms with Crippen molar-refractivity contribution in [2.75, 3.05) is 7.05 Å². The monoisotopic (exact) mass is 396 g/mol. The van der Waals surface area contributed by atoms with Gasteiger partial charge < -0.3 is 5.32 Å². The number of sulfonamides is 1. The maximum Gasteiger partial charge on any atom is 0.245 e. The van der Waals surface area contributed by atoms with E-state index in [1.165, 1.54) is 15.6 Å². The van der Waals surface area contributed by atoms with Gasteiger partial charge in [0.1, 0.15) is 4.90 Å². The average Bonchev–Trinajstić information content (AvgIpc) is 2.76. The highest BCUT2D eigenvalue weighted by Gasteiger charge is 2.30. The van der Waals surface area contributed by atoms with Crippen molar-refractivity contribution < 1.29 is 8.42 Å². The Bertz CT molecular complexity index is 568. The van der Waals surface area contributed by atoms with Crippen molar-refractivity contribution in [2.45, 2.75) is 58.1 Å². The molecule has 0 bridgehead atoms. The van der Waals surface area contributed by atoms with Crippen LogP contribution in [0, 0.1) is 5.92 Å². The van der Waals surface area contributed by atoms with E-state index in [2.05, 4.69) is 35.1 Å². The van der Waals surface area contributed by atoms with E-state index in [4.69, 9.17) is 0 Å². The average molecular weight is 397 g/mol. The lowest BCUT2D eigenvalue weighted by atomic mass is 10.1. The Labute approximate surface area is 141 Å². The third kappa shape index (κ3) is 4.76. The highest BCUT2D eigenvalue weighted by molar-refractivity contribution is 9.11. The molecule has 0 aliphatic heterocycles. The van der Waals surface area contributed by atoms with E-state index in [1.54, 1.807) is 13.1 Å². The predicted octanol–water partition coefficient (Wildman–Crippen LogP) is 3.67. The molecular weight excluding hydrogens is 372 g/mol. The van der Waals surface area contributed by atoms with E-state index in [9.17, 15) is 8.42 Å². The van der Waals surface area contributed by atoms with Gasteiger partial charge in [-0.25, -0.2) is 8.42 Å². The first kappa shape index (κ1) is 19.1. The molecule has 0 radical (unpaired) electrons. The molecule has 7 heteroatoms. The van der Waals surface area contributed by atoms with Gasteiger partial charge in [0.05, 0.1) is 3.79 Å². The number of rotatable bonds is 7. The van der Waals surface area contributed by atoms with E-state index in [-0.39, 0.29) is 12.0 Å². The molecule has 0 aliphatic carbocycles. The summed E-state index contributed by atoms with van der Waals surface area (Å²) in [7, 11) is -1.81. The molecule has 0 saturated carbocycles. The highest BCUT2D eigenvalue weighted by atomic mass is 79.9. The molecule has 1 N–H and O–H groups in total. The molecule has 4 nitrogen and oxygen atoms in total. The molecule has 1 aromatic rings. The first-order valence-electron chi connectivity index (χ1n) is 7.07. The summed E-state index contributed by atoms with van der Waals surface area (Å²) < 4.78 is 27.6. The van der Waals surface area contributed by atoms with Crippen molar-refractivity contribution in [3.05, 3.63) is 14.7 Å². The lowest BCUT2D eigenvalue weighted by Gasteiger charge is -2.26. The molecule has 0 spiro atoms. The standard InChI is InChI=1S/C14H25BrN2O2S2/c1-9(2)11(5)17(6)21(18,19)13-7-12(20-14(13)15)8-16-10(3)4/h7,9-11,16H,8H2,1-6H3. The van der Waals surface area contributed by atoms with E-state index in [1.807, 2.05) is 20.8 Å². The molecule has 0 aromatic carbocycles. The maximum absolute atomic E-state index is 12.7. The fraction of sp³-hybridized carbons (Fsp3) is 0.714. The first-order valence-corrected chi connectivity index (χ1v) is 10.1. The molecular formula is C14H25BrN2O2S2. The molecule has 1 atom stereocenters. The number of nitrogens with zero attached hydrogens (tertiary/aromatic N) is 1. The van der Waals surface area contributed by atoms with Gasteiger partial charge in [-0.2, -0.15) is 4.31 Å². The van der Waals surface area contributed by atoms with Crippen molar-refractivity contribution in [3.63, 3.8) is 0 Å². The van der Waals surface area contributed by atoms with Crippen LogP contribution in [0.1, 0.15) is 39.5 Å². The first-order chi connectivity index (χ1) is 9.57. The van der Waals surface area contributed by atoms with Crippen LogP contribution in [0.3, 0.4) is 0 Å². The summed E-state index contributed by atoms with van der Waals surface area (Å²) in [4.78, 5) is 1.38. The second kappa shape index (κ2) is 7.55. The third-order valence-corrected chi connectivity index (χ3v) is 7.78. The SMILES string of the molecule is CC(C)NCc1cc(S(=O)(=O)N(C)C(C)C(C)C)c(Br)s1. The van der Waals surface area contributed by atoms with Crippen LogP contribution in [0.25, 0.3) is 0 Å². The molecule has 21 heavy (non-hydrogen) atoms. The minimum absolute atomic E-state index is 0.0426. The summed E-state index contributed by atoms with van der Waals surface area (Å²) in [5.41, 5.74) is 0. The predicted molar refractivity (Wildman–Crippen MR) is 93.2 cm³/mol. The molecule has 122 valence electrons. The van der Waals surface area contributed by atoms with Crippen LogP contribution >= 0.6 is 27.3 Å². The normalized spacial score (nSPS) is 14.4. The van der Waals surface area contributed by atoms with Gasteiger partial charge in [-0.05, 0) is 34.8 Å². The van der Waals surface area contributed by atoms with Crippen molar-refractivity contribution >= 4 is 37.3 Å². The molecule has 0 saturated heterocycles. The molecule has 1 aromatic heterocycles. The van der Waals surface area contributed by atoms with E-state index in [0.717, 1.165) is 4.88 Å². The van der Waals surface area contributed by atoms with Crippen LogP contribution < -0.4 is 5.32 Å². The van der Waals surface area contributed by atoms with E-state index in [0.29, 0.717) is 21.3 Å². The minimum Gasteiger partial charge on any atom is -0.310 e. The third-order valence-electron chi connectivity index (χ3n) is 3.59. The minimum atomic E-state index is -3.46. The fourth-order valence-corrected chi connectivity index (χ4v) is 5.83. The summed E-state index contributed by atoms with van der Waals surface area (Å²) in [6.45, 7) is 10.8. The van der Waals surface area contributed by atoms with Gasteiger partial charge in [-0.15, -0.1) is 11.3 Å². The topological polar surface area (TPSA) is 49.4 Å². The molecule has 1 rings (SSSR count).